The minimum Gasteiger partial charge on any atom is -0.453 e. The molecule has 0 fully saturated rings. The summed E-state index contributed by atoms with van der Waals surface area (Å²) in [4.78, 5) is 52.5. The monoisotopic (exact) mass is 371 g/mol. The van der Waals surface area contributed by atoms with Crippen molar-refractivity contribution < 1.29 is 23.9 Å². The Morgan fingerprint density at radius 1 is 1.46 bits per heavy atom. The van der Waals surface area contributed by atoms with Gasteiger partial charge in [0.15, 0.2) is 5.66 Å². The van der Waals surface area contributed by atoms with Gasteiger partial charge in [-0.05, 0) is 12.8 Å². The van der Waals surface area contributed by atoms with Gasteiger partial charge in [0.1, 0.15) is 6.04 Å². The molecule has 1 rings (SSSR count). The van der Waals surface area contributed by atoms with Gasteiger partial charge in [0.05, 0.1) is 13.7 Å². The molecule has 0 aromatic heterocycles. The lowest BCUT2D eigenvalue weighted by molar-refractivity contribution is -0.143. The Balaban J connectivity index is 2.94. The number of urea groups is 1. The number of aliphatic imine (C=N–C) groups is 1. The van der Waals surface area contributed by atoms with Gasteiger partial charge in [-0.1, -0.05) is 13.3 Å². The molecule has 7 N–H and O–H groups in total. The minimum atomic E-state index is -1.73. The number of unbranched alkanes of at least 4 members (excludes halogenated alkanes) is 1. The molecule has 0 radical (unpaired) electrons. The van der Waals surface area contributed by atoms with Crippen molar-refractivity contribution in [3.8, 4) is 0 Å². The summed E-state index contributed by atoms with van der Waals surface area (Å²) in [5.74, 6) is -1.34. The summed E-state index contributed by atoms with van der Waals surface area (Å²) in [7, 11) is 2.53. The Hall–Kier alpha value is -2.89. The van der Waals surface area contributed by atoms with Crippen molar-refractivity contribution in [2.45, 2.75) is 37.9 Å². The molecule has 0 bridgehead atoms. The van der Waals surface area contributed by atoms with Crippen molar-refractivity contribution in [3.63, 3.8) is 0 Å². The lowest BCUT2D eigenvalue weighted by Crippen LogP contribution is -2.68. The zero-order chi connectivity index (χ0) is 19.9. The van der Waals surface area contributed by atoms with Gasteiger partial charge < -0.3 is 21.1 Å². The van der Waals surface area contributed by atoms with E-state index in [1.807, 2.05) is 6.92 Å². The average Bonchev–Trinajstić information content (AvgIpc) is 2.58. The number of amides is 5. The highest BCUT2D eigenvalue weighted by molar-refractivity contribution is 6.07. The van der Waals surface area contributed by atoms with E-state index < -0.39 is 35.6 Å². The molecule has 1 aliphatic rings. The van der Waals surface area contributed by atoms with E-state index >= 15 is 0 Å². The van der Waals surface area contributed by atoms with Crippen molar-refractivity contribution in [2.75, 3.05) is 20.7 Å². The van der Waals surface area contributed by atoms with Crippen LogP contribution in [0.2, 0.25) is 0 Å². The second-order valence-electron chi connectivity index (χ2n) is 5.79. The van der Waals surface area contributed by atoms with Crippen molar-refractivity contribution in [1.82, 2.24) is 20.9 Å². The Labute approximate surface area is 150 Å². The molecule has 1 aliphatic heterocycles. The van der Waals surface area contributed by atoms with Crippen LogP contribution in [-0.4, -0.2) is 67.2 Å². The molecule has 2 atom stereocenters. The van der Waals surface area contributed by atoms with Crippen LogP contribution in [0.5, 0.6) is 0 Å². The van der Waals surface area contributed by atoms with Gasteiger partial charge in [-0.3, -0.25) is 25.5 Å². The number of guanidine groups is 1. The van der Waals surface area contributed by atoms with Crippen LogP contribution in [0, 0.1) is 0 Å². The van der Waals surface area contributed by atoms with E-state index in [2.05, 4.69) is 25.7 Å². The van der Waals surface area contributed by atoms with Crippen molar-refractivity contribution in [1.29, 1.82) is 0 Å². The highest BCUT2D eigenvalue weighted by Crippen LogP contribution is 2.15. The first-order chi connectivity index (χ1) is 12.1. The molecule has 26 heavy (non-hydrogen) atoms. The predicted molar refractivity (Wildman–Crippen MR) is 91.7 cm³/mol. The molecule has 2 unspecified atom stereocenters. The maximum Gasteiger partial charge on any atom is 0.408 e. The average molecular weight is 371 g/mol. The van der Waals surface area contributed by atoms with E-state index in [-0.39, 0.29) is 18.9 Å². The molecular weight excluding hydrogens is 346 g/mol. The number of likely N-dealkylation sites (N-methyl/N-ethyl adjacent to an activating group) is 1. The number of hydrogen-bond acceptors (Lipinski definition) is 7. The third-order valence-corrected chi connectivity index (χ3v) is 3.81. The summed E-state index contributed by atoms with van der Waals surface area (Å²) < 4.78 is 4.52. The third kappa shape index (κ3) is 5.31. The molecule has 0 aromatic carbocycles. The van der Waals surface area contributed by atoms with Crippen molar-refractivity contribution >= 4 is 29.9 Å². The van der Waals surface area contributed by atoms with Crippen LogP contribution in [-0.2, 0) is 14.3 Å². The zero-order valence-electron chi connectivity index (χ0n) is 15.0. The second kappa shape index (κ2) is 8.99. The molecule has 12 nitrogen and oxygen atoms in total. The van der Waals surface area contributed by atoms with E-state index in [4.69, 9.17) is 11.5 Å². The SMILES string of the molecule is CCCCC(N)(NC(=O)OC)C(=O)N(C)C1CN=C(NC(N)=O)NC1=O. The first-order valence-corrected chi connectivity index (χ1v) is 7.98. The van der Waals surface area contributed by atoms with Gasteiger partial charge >= 0.3 is 12.1 Å². The first kappa shape index (κ1) is 21.2. The quantitative estimate of drug-likeness (QED) is 0.342. The zero-order valence-corrected chi connectivity index (χ0v) is 15.0. The van der Waals surface area contributed by atoms with Gasteiger partial charge in [0, 0.05) is 7.05 Å². The van der Waals surface area contributed by atoms with E-state index in [9.17, 15) is 19.2 Å². The fourth-order valence-electron chi connectivity index (χ4n) is 2.35. The summed E-state index contributed by atoms with van der Waals surface area (Å²) in [6.07, 6.45) is 0.620. The number of nitrogens with one attached hydrogen (secondary N) is 3. The molecule has 146 valence electrons. The summed E-state index contributed by atoms with van der Waals surface area (Å²) in [5.41, 5.74) is 9.34. The highest BCUT2D eigenvalue weighted by atomic mass is 16.5. The summed E-state index contributed by atoms with van der Waals surface area (Å²) in [6, 6.07) is -1.85. The number of carbonyl (C=O) groups is 4. The number of rotatable bonds is 6. The van der Waals surface area contributed by atoms with E-state index in [1.54, 1.807) is 0 Å². The van der Waals surface area contributed by atoms with E-state index in [0.717, 1.165) is 18.4 Å². The Morgan fingerprint density at radius 3 is 2.62 bits per heavy atom. The number of methoxy groups -OCH3 is 1. The number of nitrogens with zero attached hydrogens (tertiary/aromatic N) is 2. The fraction of sp³-hybridized carbons (Fsp3) is 0.643. The van der Waals surface area contributed by atoms with Gasteiger partial charge in [-0.2, -0.15) is 0 Å². The van der Waals surface area contributed by atoms with Gasteiger partial charge in [-0.15, -0.1) is 0 Å². The number of nitrogens with two attached hydrogens (primary N) is 2. The van der Waals surface area contributed by atoms with Gasteiger partial charge in [0.2, 0.25) is 5.96 Å². The fourth-order valence-corrected chi connectivity index (χ4v) is 2.35. The number of ether oxygens (including phenoxy) is 1. The van der Waals surface area contributed by atoms with E-state index in [1.165, 1.54) is 7.05 Å². The Bertz CT molecular complexity index is 608. The van der Waals surface area contributed by atoms with Gasteiger partial charge in [-0.25, -0.2) is 14.6 Å². The van der Waals surface area contributed by atoms with Crippen LogP contribution in [0.25, 0.3) is 0 Å². The van der Waals surface area contributed by atoms with Crippen LogP contribution in [0.15, 0.2) is 4.99 Å². The molecule has 0 aromatic rings. The predicted octanol–water partition coefficient (Wildman–Crippen LogP) is -1.83. The molecule has 0 spiro atoms. The van der Waals surface area contributed by atoms with Crippen LogP contribution in [0.4, 0.5) is 9.59 Å². The smallest absolute Gasteiger partial charge is 0.408 e. The standard InChI is InChI=1S/C14H25N7O5/c1-4-5-6-14(16,20-13(25)26-3)10(23)21(2)8-7-17-12(18-9(8)22)19-11(15)24/h8H,4-7,16H2,1-3H3,(H,20,25)(H4,15,17,18,19,22,24). The number of hydrogen-bond donors (Lipinski definition) is 5. The molecule has 12 heteroatoms. The normalized spacial score (nSPS) is 18.7. The maximum absolute atomic E-state index is 12.8. The topological polar surface area (TPSA) is 181 Å². The minimum absolute atomic E-state index is 0.0997. The molecule has 1 heterocycles. The Morgan fingerprint density at radius 2 is 2.12 bits per heavy atom. The summed E-state index contributed by atoms with van der Waals surface area (Å²) >= 11 is 0. The maximum atomic E-state index is 12.8. The van der Waals surface area contributed by atoms with Crippen LogP contribution >= 0.6 is 0 Å². The Kier molecular flexibility index (Phi) is 7.31. The molecule has 0 aliphatic carbocycles. The van der Waals surface area contributed by atoms with Gasteiger partial charge in [0.25, 0.3) is 11.8 Å². The largest absolute Gasteiger partial charge is 0.453 e. The highest BCUT2D eigenvalue weighted by Gasteiger charge is 2.42. The third-order valence-electron chi connectivity index (χ3n) is 3.81. The number of carbonyl (C=O) groups excluding carboxylic acids is 4. The molecule has 0 saturated carbocycles. The summed E-state index contributed by atoms with van der Waals surface area (Å²) in [6.45, 7) is 1.80. The molecule has 5 amide bonds. The molecule has 0 saturated heterocycles. The van der Waals surface area contributed by atoms with Crippen LogP contribution in [0.1, 0.15) is 26.2 Å². The first-order valence-electron chi connectivity index (χ1n) is 7.98. The van der Waals surface area contributed by atoms with Crippen LogP contribution < -0.4 is 27.4 Å². The number of alkyl carbamates (subject to hydrolysis) is 1. The van der Waals surface area contributed by atoms with Crippen molar-refractivity contribution in [3.05, 3.63) is 0 Å². The lowest BCUT2D eigenvalue weighted by Gasteiger charge is -2.36. The lowest BCUT2D eigenvalue weighted by atomic mass is 10.0. The number of primary amides is 1. The van der Waals surface area contributed by atoms with E-state index in [0.29, 0.717) is 6.42 Å². The summed E-state index contributed by atoms with van der Waals surface area (Å²) in [5, 5.41) is 6.81. The van der Waals surface area contributed by atoms with Crippen molar-refractivity contribution in [2.24, 2.45) is 16.5 Å². The van der Waals surface area contributed by atoms with Crippen LogP contribution in [0.3, 0.4) is 0 Å². The molecular formula is C14H25N7O5. The second-order valence-corrected chi connectivity index (χ2v) is 5.79.